The molecule has 0 aliphatic rings. The fraction of sp³-hybridized carbons (Fsp3) is 0.150. The van der Waals surface area contributed by atoms with E-state index < -0.39 is 0 Å². The van der Waals surface area contributed by atoms with Crippen LogP contribution in [0, 0.1) is 0 Å². The van der Waals surface area contributed by atoms with Gasteiger partial charge in [-0.2, -0.15) is 0 Å². The number of hydrogen-bond acceptors (Lipinski definition) is 4. The minimum atomic E-state index is -0.352. The number of rotatable bonds is 6. The molecule has 0 saturated carbocycles. The summed E-state index contributed by atoms with van der Waals surface area (Å²) in [6.45, 7) is 2.16. The van der Waals surface area contributed by atoms with Crippen LogP contribution in [0.15, 0.2) is 52.9 Å². The van der Waals surface area contributed by atoms with Crippen molar-refractivity contribution in [3.63, 3.8) is 0 Å². The zero-order valence-corrected chi connectivity index (χ0v) is 16.0. The van der Waals surface area contributed by atoms with Gasteiger partial charge in [0.2, 0.25) is 0 Å². The Morgan fingerprint density at radius 1 is 1.11 bits per heavy atom. The summed E-state index contributed by atoms with van der Waals surface area (Å²) in [7, 11) is 0. The number of ether oxygens (including phenoxy) is 1. The molecule has 27 heavy (non-hydrogen) atoms. The number of benzene rings is 2. The fourth-order valence-corrected chi connectivity index (χ4v) is 2.90. The van der Waals surface area contributed by atoms with Gasteiger partial charge in [-0.1, -0.05) is 23.2 Å². The molecule has 5 nitrogen and oxygen atoms in total. The lowest BCUT2D eigenvalue weighted by atomic mass is 10.1. The number of nitrogens with one attached hydrogen (secondary N) is 1. The Hall–Kier alpha value is -2.47. The molecule has 140 valence electrons. The van der Waals surface area contributed by atoms with E-state index in [1.165, 1.54) is 0 Å². The third-order valence-corrected chi connectivity index (χ3v) is 4.44. The van der Waals surface area contributed by atoms with E-state index in [0.717, 1.165) is 5.56 Å². The second-order valence-electron chi connectivity index (χ2n) is 5.65. The molecule has 0 aliphatic carbocycles. The van der Waals surface area contributed by atoms with Crippen molar-refractivity contribution in [3.05, 3.63) is 69.9 Å². The summed E-state index contributed by atoms with van der Waals surface area (Å²) < 4.78 is 10.9. The first-order chi connectivity index (χ1) is 13.0. The van der Waals surface area contributed by atoms with Crippen LogP contribution in [0.2, 0.25) is 10.0 Å². The van der Waals surface area contributed by atoms with Crippen molar-refractivity contribution < 1.29 is 19.1 Å². The molecule has 7 heteroatoms. The first kappa shape index (κ1) is 19.3. The fourth-order valence-electron chi connectivity index (χ4n) is 2.50. The zero-order chi connectivity index (χ0) is 19.4. The van der Waals surface area contributed by atoms with E-state index in [4.69, 9.17) is 37.5 Å². The van der Waals surface area contributed by atoms with Gasteiger partial charge in [-0.05, 0) is 55.5 Å². The molecule has 0 atom stereocenters. The van der Waals surface area contributed by atoms with Gasteiger partial charge in [-0.25, -0.2) is 0 Å². The molecule has 0 fully saturated rings. The van der Waals surface area contributed by atoms with Gasteiger partial charge in [0, 0.05) is 11.1 Å². The number of aliphatic hydroxyl groups is 1. The highest BCUT2D eigenvalue weighted by atomic mass is 35.5. The standard InChI is InChI=1S/C20H17Cl2NO4/c1-2-26-19-7-4-13(9-16(19)22)20(25)23-17-10-12(3-6-15(17)21)18-8-5-14(11-24)27-18/h3-10,24H,2,11H2,1H3,(H,23,25). The van der Waals surface area contributed by atoms with E-state index in [9.17, 15) is 4.79 Å². The van der Waals surface area contributed by atoms with Crippen molar-refractivity contribution in [2.24, 2.45) is 0 Å². The predicted octanol–water partition coefficient (Wildman–Crippen LogP) is 5.40. The summed E-state index contributed by atoms with van der Waals surface area (Å²) in [5.74, 6) is 1.19. The number of carbonyl (C=O) groups is 1. The maximum absolute atomic E-state index is 12.6. The highest BCUT2D eigenvalue weighted by Gasteiger charge is 2.13. The largest absolute Gasteiger partial charge is 0.492 e. The molecule has 0 bridgehead atoms. The molecular formula is C20H17Cl2NO4. The van der Waals surface area contributed by atoms with Crippen LogP contribution >= 0.6 is 23.2 Å². The van der Waals surface area contributed by atoms with Gasteiger partial charge in [-0.15, -0.1) is 0 Å². The normalized spacial score (nSPS) is 10.7. The van der Waals surface area contributed by atoms with Gasteiger partial charge in [0.25, 0.3) is 5.91 Å². The number of anilines is 1. The number of carbonyl (C=O) groups excluding carboxylic acids is 1. The van der Waals surface area contributed by atoms with E-state index in [1.807, 2.05) is 6.92 Å². The molecule has 1 aromatic heterocycles. The van der Waals surface area contributed by atoms with E-state index in [1.54, 1.807) is 48.5 Å². The summed E-state index contributed by atoms with van der Waals surface area (Å²) in [5, 5.41) is 12.6. The van der Waals surface area contributed by atoms with Crippen molar-refractivity contribution >= 4 is 34.8 Å². The molecular weight excluding hydrogens is 389 g/mol. The van der Waals surface area contributed by atoms with Crippen molar-refractivity contribution in [2.45, 2.75) is 13.5 Å². The maximum atomic E-state index is 12.6. The molecule has 1 amide bonds. The van der Waals surface area contributed by atoms with Crippen molar-refractivity contribution in [1.29, 1.82) is 0 Å². The van der Waals surface area contributed by atoms with Crippen molar-refractivity contribution in [3.8, 4) is 17.1 Å². The number of halogens is 2. The summed E-state index contributed by atoms with van der Waals surface area (Å²) in [6.07, 6.45) is 0. The third kappa shape index (κ3) is 4.45. The maximum Gasteiger partial charge on any atom is 0.255 e. The number of aliphatic hydroxyl groups excluding tert-OH is 1. The minimum absolute atomic E-state index is 0.185. The molecule has 2 N–H and O–H groups in total. The lowest BCUT2D eigenvalue weighted by Crippen LogP contribution is -2.12. The first-order valence-electron chi connectivity index (χ1n) is 8.25. The molecule has 1 heterocycles. The van der Waals surface area contributed by atoms with E-state index in [2.05, 4.69) is 5.32 Å². The topological polar surface area (TPSA) is 71.7 Å². The van der Waals surface area contributed by atoms with E-state index in [-0.39, 0.29) is 12.5 Å². The Morgan fingerprint density at radius 2 is 1.93 bits per heavy atom. The van der Waals surface area contributed by atoms with Gasteiger partial charge < -0.3 is 19.6 Å². The molecule has 3 aromatic rings. The van der Waals surface area contributed by atoms with Crippen LogP contribution in [0.4, 0.5) is 5.69 Å². The monoisotopic (exact) mass is 405 g/mol. The highest BCUT2D eigenvalue weighted by Crippen LogP contribution is 2.31. The smallest absolute Gasteiger partial charge is 0.255 e. The van der Waals surface area contributed by atoms with Gasteiger partial charge in [0.05, 0.1) is 22.3 Å². The third-order valence-electron chi connectivity index (χ3n) is 3.81. The lowest BCUT2D eigenvalue weighted by molar-refractivity contribution is 0.102. The summed E-state index contributed by atoms with van der Waals surface area (Å²) in [4.78, 5) is 12.6. The van der Waals surface area contributed by atoms with Gasteiger partial charge >= 0.3 is 0 Å². The molecule has 0 aliphatic heterocycles. The van der Waals surface area contributed by atoms with Crippen LogP contribution in [0.25, 0.3) is 11.3 Å². The summed E-state index contributed by atoms with van der Waals surface area (Å²) in [5.41, 5.74) is 1.54. The Balaban J connectivity index is 1.83. The van der Waals surface area contributed by atoms with Gasteiger partial charge in [-0.3, -0.25) is 4.79 Å². The Morgan fingerprint density at radius 3 is 2.59 bits per heavy atom. The molecule has 0 spiro atoms. The Labute approximate surface area is 166 Å². The first-order valence-corrected chi connectivity index (χ1v) is 9.00. The van der Waals surface area contributed by atoms with Gasteiger partial charge in [0.1, 0.15) is 23.9 Å². The van der Waals surface area contributed by atoms with Crippen LogP contribution in [0.1, 0.15) is 23.0 Å². The number of furan rings is 1. The molecule has 2 aromatic carbocycles. The zero-order valence-electron chi connectivity index (χ0n) is 14.5. The average Bonchev–Trinajstić information content (AvgIpc) is 3.14. The number of amides is 1. The summed E-state index contributed by atoms with van der Waals surface area (Å²) in [6, 6.07) is 13.4. The quantitative estimate of drug-likeness (QED) is 0.575. The predicted molar refractivity (Wildman–Crippen MR) is 106 cm³/mol. The molecule has 0 radical (unpaired) electrons. The van der Waals surface area contributed by atoms with Gasteiger partial charge in [0.15, 0.2) is 0 Å². The van der Waals surface area contributed by atoms with Crippen LogP contribution in [0.5, 0.6) is 5.75 Å². The average molecular weight is 406 g/mol. The van der Waals surface area contributed by atoms with Crippen LogP contribution < -0.4 is 10.1 Å². The van der Waals surface area contributed by atoms with Crippen LogP contribution in [-0.4, -0.2) is 17.6 Å². The second kappa shape index (κ2) is 8.48. The minimum Gasteiger partial charge on any atom is -0.492 e. The number of hydrogen-bond donors (Lipinski definition) is 2. The van der Waals surface area contributed by atoms with Crippen LogP contribution in [0.3, 0.4) is 0 Å². The summed E-state index contributed by atoms with van der Waals surface area (Å²) >= 11 is 12.4. The lowest BCUT2D eigenvalue weighted by Gasteiger charge is -2.10. The van der Waals surface area contributed by atoms with E-state index in [0.29, 0.717) is 45.2 Å². The Kier molecular flexibility index (Phi) is 6.06. The molecule has 0 unspecified atom stereocenters. The molecule has 3 rings (SSSR count). The highest BCUT2D eigenvalue weighted by molar-refractivity contribution is 6.34. The second-order valence-corrected chi connectivity index (χ2v) is 6.47. The van der Waals surface area contributed by atoms with Crippen molar-refractivity contribution in [2.75, 3.05) is 11.9 Å². The van der Waals surface area contributed by atoms with Crippen LogP contribution in [-0.2, 0) is 6.61 Å². The Bertz CT molecular complexity index is 968. The SMILES string of the molecule is CCOc1ccc(C(=O)Nc2cc(-c3ccc(CO)o3)ccc2Cl)cc1Cl. The van der Waals surface area contributed by atoms with E-state index >= 15 is 0 Å². The molecule has 0 saturated heterocycles. The van der Waals surface area contributed by atoms with Crippen molar-refractivity contribution in [1.82, 2.24) is 0 Å².